The molecule has 1 aliphatic rings. The second kappa shape index (κ2) is 7.83. The zero-order valence-corrected chi connectivity index (χ0v) is 18.0. The van der Waals surface area contributed by atoms with Crippen LogP contribution in [0.25, 0.3) is 23.0 Å². The van der Waals surface area contributed by atoms with Gasteiger partial charge in [-0.25, -0.2) is 4.98 Å². The van der Waals surface area contributed by atoms with Gasteiger partial charge in [0.2, 0.25) is 5.91 Å². The maximum Gasteiger partial charge on any atom is 0.230 e. The molecule has 2 aromatic heterocycles. The lowest BCUT2D eigenvalue weighted by Crippen LogP contribution is -2.16. The summed E-state index contributed by atoms with van der Waals surface area (Å²) in [6, 6.07) is 18.5. The van der Waals surface area contributed by atoms with Crippen LogP contribution in [0.3, 0.4) is 0 Å². The first kappa shape index (κ1) is 20.3. The van der Waals surface area contributed by atoms with Gasteiger partial charge in [-0.05, 0) is 35.9 Å². The van der Waals surface area contributed by atoms with E-state index in [-0.39, 0.29) is 12.3 Å². The number of nitrogens with one attached hydrogen (secondary N) is 1. The van der Waals surface area contributed by atoms with Crippen molar-refractivity contribution in [1.82, 2.24) is 9.38 Å². The summed E-state index contributed by atoms with van der Waals surface area (Å²) in [6.45, 7) is 0. The van der Waals surface area contributed by atoms with Crippen molar-refractivity contribution in [1.29, 1.82) is 0 Å². The van der Waals surface area contributed by atoms with Crippen LogP contribution in [0.5, 0.6) is 5.75 Å². The third-order valence-corrected chi connectivity index (χ3v) is 6.88. The van der Waals surface area contributed by atoms with Crippen molar-refractivity contribution in [2.24, 2.45) is 0 Å². The Kier molecular flexibility index (Phi) is 4.97. The Morgan fingerprint density at radius 2 is 1.94 bits per heavy atom. The molecule has 0 fully saturated rings. The fourth-order valence-corrected chi connectivity index (χ4v) is 5.07. The van der Waals surface area contributed by atoms with Gasteiger partial charge in [0.05, 0.1) is 36.0 Å². The molecule has 0 aliphatic carbocycles. The largest absolute Gasteiger partial charge is 0.495 e. The maximum atomic E-state index is 13.0. The highest BCUT2D eigenvalue weighted by atomic mass is 32.3. The molecule has 3 N–H and O–H groups in total. The highest BCUT2D eigenvalue weighted by Gasteiger charge is 2.23. The quantitative estimate of drug-likeness (QED) is 0.387. The van der Waals surface area contributed by atoms with Gasteiger partial charge in [-0.3, -0.25) is 18.3 Å². The first-order chi connectivity index (χ1) is 15.4. The minimum atomic E-state index is -2.95. The monoisotopic (exact) mass is 447 g/mol. The second-order valence-electron chi connectivity index (χ2n) is 7.44. The molecule has 0 spiro atoms. The predicted octanol–water partition coefficient (Wildman–Crippen LogP) is 5.28. The molecule has 1 aliphatic heterocycles. The zero-order chi connectivity index (χ0) is 22.3. The molecule has 0 saturated carbocycles. The van der Waals surface area contributed by atoms with Crippen LogP contribution in [0.2, 0.25) is 0 Å². The van der Waals surface area contributed by atoms with Gasteiger partial charge in [-0.1, -0.05) is 36.4 Å². The molecular formula is C24H21N3O4S. The molecule has 0 radical (unpaired) electrons. The third kappa shape index (κ3) is 3.64. The molecule has 32 heavy (non-hydrogen) atoms. The summed E-state index contributed by atoms with van der Waals surface area (Å²) < 4.78 is 27.5. The lowest BCUT2D eigenvalue weighted by Gasteiger charge is -2.25. The van der Waals surface area contributed by atoms with E-state index in [0.717, 1.165) is 22.5 Å². The molecule has 3 heterocycles. The van der Waals surface area contributed by atoms with Crippen LogP contribution in [0.15, 0.2) is 77.2 Å². The van der Waals surface area contributed by atoms with E-state index < -0.39 is 10.6 Å². The van der Waals surface area contributed by atoms with E-state index >= 15 is 0 Å². The van der Waals surface area contributed by atoms with Crippen LogP contribution < -0.4 is 10.1 Å². The lowest BCUT2D eigenvalue weighted by molar-refractivity contribution is -0.115. The van der Waals surface area contributed by atoms with Gasteiger partial charge in [0, 0.05) is 16.7 Å². The van der Waals surface area contributed by atoms with Crippen LogP contribution in [0.4, 0.5) is 5.69 Å². The summed E-state index contributed by atoms with van der Waals surface area (Å²) >= 11 is 0. The highest BCUT2D eigenvalue weighted by molar-refractivity contribution is 8.27. The summed E-state index contributed by atoms with van der Waals surface area (Å²) in [5.41, 5.74) is 4.32. The Morgan fingerprint density at radius 1 is 1.12 bits per heavy atom. The normalized spacial score (nSPS) is 14.8. The molecule has 162 valence electrons. The summed E-state index contributed by atoms with van der Waals surface area (Å²) in [4.78, 5) is 18.2. The van der Waals surface area contributed by atoms with Crippen LogP contribution in [0, 0.1) is 0 Å². The molecule has 2 aromatic carbocycles. The van der Waals surface area contributed by atoms with Crippen molar-refractivity contribution < 1.29 is 18.6 Å². The van der Waals surface area contributed by atoms with E-state index in [1.807, 2.05) is 53.1 Å². The summed E-state index contributed by atoms with van der Waals surface area (Å²) in [5, 5.41) is 4.26. The third-order valence-electron chi connectivity index (χ3n) is 5.36. The Morgan fingerprint density at radius 3 is 2.72 bits per heavy atom. The van der Waals surface area contributed by atoms with Gasteiger partial charge in [0.25, 0.3) is 0 Å². The van der Waals surface area contributed by atoms with E-state index in [4.69, 9.17) is 9.72 Å². The van der Waals surface area contributed by atoms with Crippen molar-refractivity contribution in [2.45, 2.75) is 11.3 Å². The molecule has 7 nitrogen and oxygen atoms in total. The molecule has 0 atom stereocenters. The van der Waals surface area contributed by atoms with E-state index in [1.165, 1.54) is 5.41 Å². The van der Waals surface area contributed by atoms with Crippen LogP contribution >= 0.6 is 10.6 Å². The number of hydrogen-bond acceptors (Lipinski definition) is 5. The lowest BCUT2D eigenvalue weighted by atomic mass is 10.1. The van der Waals surface area contributed by atoms with Crippen molar-refractivity contribution in [3.8, 4) is 17.0 Å². The molecule has 0 unspecified atom stereocenters. The number of carbonyl (C=O) groups is 1. The maximum absolute atomic E-state index is 13.0. The molecule has 4 aromatic rings. The Balaban J connectivity index is 1.49. The van der Waals surface area contributed by atoms with Gasteiger partial charge in [0.15, 0.2) is 0 Å². The number of nitrogens with zero attached hydrogens (tertiary/aromatic N) is 2. The summed E-state index contributed by atoms with van der Waals surface area (Å²) in [5.74, 6) is 0.418. The number of amides is 1. The number of benzene rings is 2. The first-order valence-corrected chi connectivity index (χ1v) is 11.6. The van der Waals surface area contributed by atoms with Crippen molar-refractivity contribution in [3.63, 3.8) is 0 Å². The summed E-state index contributed by atoms with van der Waals surface area (Å²) in [6.07, 6.45) is 3.56. The van der Waals surface area contributed by atoms with E-state index in [1.54, 1.807) is 31.4 Å². The molecule has 5 rings (SSSR count). The molecule has 0 saturated heterocycles. The average molecular weight is 448 g/mol. The van der Waals surface area contributed by atoms with Gasteiger partial charge in [-0.2, -0.15) is 0 Å². The fourth-order valence-electron chi connectivity index (χ4n) is 3.80. The minimum Gasteiger partial charge on any atom is -0.495 e. The molecule has 1 amide bonds. The van der Waals surface area contributed by atoms with E-state index in [9.17, 15) is 13.9 Å². The van der Waals surface area contributed by atoms with Crippen molar-refractivity contribution in [2.75, 3.05) is 12.4 Å². The molecule has 0 bridgehead atoms. The Bertz CT molecular complexity index is 1360. The minimum absolute atomic E-state index is 0.0736. The van der Waals surface area contributed by atoms with Crippen molar-refractivity contribution >= 4 is 33.9 Å². The average Bonchev–Trinajstić information content (AvgIpc) is 3.31. The number of carbonyl (C=O) groups excluding carboxylic acids is 1. The highest BCUT2D eigenvalue weighted by Crippen LogP contribution is 2.56. The second-order valence-corrected chi connectivity index (χ2v) is 9.34. The van der Waals surface area contributed by atoms with Gasteiger partial charge < -0.3 is 10.1 Å². The van der Waals surface area contributed by atoms with Crippen LogP contribution in [0.1, 0.15) is 11.3 Å². The van der Waals surface area contributed by atoms with Gasteiger partial charge in [0.1, 0.15) is 11.4 Å². The summed E-state index contributed by atoms with van der Waals surface area (Å²) in [7, 11) is -1.36. The topological polar surface area (TPSA) is 96.1 Å². The Labute approximate surface area is 186 Å². The van der Waals surface area contributed by atoms with Crippen LogP contribution in [-0.2, 0) is 11.2 Å². The number of imidazole rings is 1. The predicted molar refractivity (Wildman–Crippen MR) is 126 cm³/mol. The van der Waals surface area contributed by atoms with Gasteiger partial charge >= 0.3 is 0 Å². The first-order valence-electron chi connectivity index (χ1n) is 9.95. The number of ether oxygens (including phenoxy) is 1. The fraction of sp³-hybridized carbons (Fsp3) is 0.0833. The van der Waals surface area contributed by atoms with E-state index in [0.29, 0.717) is 22.0 Å². The number of methoxy groups -OCH3 is 1. The van der Waals surface area contributed by atoms with Crippen LogP contribution in [-0.4, -0.2) is 31.5 Å². The molecular weight excluding hydrogens is 426 g/mol. The number of pyridine rings is 1. The SMILES string of the molecule is COc1ccc2nc(-c3ccccc3)c(CC(=O)Nc3ccc4c(c3)S(O)(O)C=C4)n2c1. The molecule has 8 heteroatoms. The number of rotatable bonds is 5. The number of hydrogen-bond donors (Lipinski definition) is 3. The van der Waals surface area contributed by atoms with E-state index in [2.05, 4.69) is 5.32 Å². The number of anilines is 1. The number of fused-ring (bicyclic) bond motifs is 2. The van der Waals surface area contributed by atoms with Crippen molar-refractivity contribution in [3.05, 3.63) is 83.5 Å². The van der Waals surface area contributed by atoms with Gasteiger partial charge in [-0.15, -0.1) is 10.6 Å². The number of aromatic nitrogens is 2. The standard InChI is InChI=1S/C24H21N3O4S/c1-31-19-9-10-22-26-24(17-5-3-2-4-6-17)20(27(22)15-19)14-23(28)25-18-8-7-16-11-12-32(29,30)21(16)13-18/h2-13,15,29-30H,14H2,1H3,(H,25,28). The zero-order valence-electron chi connectivity index (χ0n) is 17.2. The smallest absolute Gasteiger partial charge is 0.230 e. The Hall–Kier alpha value is -3.59.